The molecule has 0 bridgehead atoms. The van der Waals surface area contributed by atoms with Gasteiger partial charge >= 0.3 is 0 Å². The van der Waals surface area contributed by atoms with Gasteiger partial charge in [0.1, 0.15) is 0 Å². The summed E-state index contributed by atoms with van der Waals surface area (Å²) >= 11 is 0. The third-order valence-electron chi connectivity index (χ3n) is 4.84. The Hall–Kier alpha value is -1.35. The third kappa shape index (κ3) is 2.24. The lowest BCUT2D eigenvalue weighted by Crippen LogP contribution is -2.42. The Balaban J connectivity index is 1.81. The predicted octanol–water partition coefficient (Wildman–Crippen LogP) is 2.63. The van der Waals surface area contributed by atoms with E-state index in [9.17, 15) is 4.79 Å². The van der Waals surface area contributed by atoms with Crippen molar-refractivity contribution in [3.63, 3.8) is 0 Å². The van der Waals surface area contributed by atoms with Gasteiger partial charge in [0.25, 0.3) is 5.91 Å². The summed E-state index contributed by atoms with van der Waals surface area (Å²) in [5.41, 5.74) is 2.12. The summed E-state index contributed by atoms with van der Waals surface area (Å²) in [6, 6.07) is 8.90. The van der Waals surface area contributed by atoms with Crippen LogP contribution in [0, 0.1) is 5.92 Å². The van der Waals surface area contributed by atoms with Crippen molar-refractivity contribution in [3.8, 4) is 0 Å². The summed E-state index contributed by atoms with van der Waals surface area (Å²) in [6.07, 6.45) is 1.13. The van der Waals surface area contributed by atoms with Gasteiger partial charge in [-0.15, -0.1) is 0 Å². The SMILES string of the molecule is CC(C)c1ccc(C(=O)N2C(C)CC3CNCC32)cc1. The topological polar surface area (TPSA) is 32.3 Å². The van der Waals surface area contributed by atoms with E-state index in [0.29, 0.717) is 23.9 Å². The highest BCUT2D eigenvalue weighted by atomic mass is 16.2. The van der Waals surface area contributed by atoms with Gasteiger partial charge in [-0.25, -0.2) is 0 Å². The number of carbonyl (C=O) groups is 1. The fourth-order valence-corrected chi connectivity index (χ4v) is 3.67. The fourth-order valence-electron chi connectivity index (χ4n) is 3.67. The lowest BCUT2D eigenvalue weighted by atomic mass is 10.0. The maximum absolute atomic E-state index is 12.8. The van der Waals surface area contributed by atoms with Crippen LogP contribution in [0.25, 0.3) is 0 Å². The number of rotatable bonds is 2. The molecule has 2 fully saturated rings. The van der Waals surface area contributed by atoms with Crippen molar-refractivity contribution in [1.82, 2.24) is 10.2 Å². The highest BCUT2D eigenvalue weighted by Gasteiger charge is 2.44. The third-order valence-corrected chi connectivity index (χ3v) is 4.84. The maximum Gasteiger partial charge on any atom is 0.254 e. The molecule has 2 saturated heterocycles. The second-order valence-corrected chi connectivity index (χ2v) is 6.56. The predicted molar refractivity (Wildman–Crippen MR) is 80.9 cm³/mol. The van der Waals surface area contributed by atoms with Crippen molar-refractivity contribution in [3.05, 3.63) is 35.4 Å². The Labute approximate surface area is 121 Å². The molecular formula is C17H24N2O. The van der Waals surface area contributed by atoms with Crippen LogP contribution in [-0.4, -0.2) is 36.0 Å². The summed E-state index contributed by atoms with van der Waals surface area (Å²) in [5.74, 6) is 1.35. The number of hydrogen-bond donors (Lipinski definition) is 1. The average molecular weight is 272 g/mol. The van der Waals surface area contributed by atoms with E-state index in [1.165, 1.54) is 5.56 Å². The smallest absolute Gasteiger partial charge is 0.254 e. The van der Waals surface area contributed by atoms with Gasteiger partial charge in [-0.3, -0.25) is 4.79 Å². The van der Waals surface area contributed by atoms with Crippen LogP contribution in [-0.2, 0) is 0 Å². The molecule has 108 valence electrons. The lowest BCUT2D eigenvalue weighted by molar-refractivity contribution is 0.0682. The monoisotopic (exact) mass is 272 g/mol. The molecular weight excluding hydrogens is 248 g/mol. The molecule has 1 N–H and O–H groups in total. The van der Waals surface area contributed by atoms with E-state index in [1.807, 2.05) is 12.1 Å². The van der Waals surface area contributed by atoms with Crippen molar-refractivity contribution >= 4 is 5.91 Å². The lowest BCUT2D eigenvalue weighted by Gasteiger charge is -2.27. The van der Waals surface area contributed by atoms with Gasteiger partial charge in [-0.05, 0) is 42.9 Å². The Morgan fingerprint density at radius 3 is 2.60 bits per heavy atom. The Morgan fingerprint density at radius 1 is 1.25 bits per heavy atom. The molecule has 3 unspecified atom stereocenters. The van der Waals surface area contributed by atoms with Gasteiger partial charge in [0.2, 0.25) is 0 Å². The second-order valence-electron chi connectivity index (χ2n) is 6.56. The number of benzene rings is 1. The molecule has 2 heterocycles. The largest absolute Gasteiger partial charge is 0.331 e. The normalized spacial score (nSPS) is 29.0. The molecule has 3 nitrogen and oxygen atoms in total. The van der Waals surface area contributed by atoms with E-state index >= 15 is 0 Å². The molecule has 0 saturated carbocycles. The van der Waals surface area contributed by atoms with Crippen molar-refractivity contribution in [2.24, 2.45) is 5.92 Å². The zero-order valence-electron chi connectivity index (χ0n) is 12.6. The first kappa shape index (κ1) is 13.6. The summed E-state index contributed by atoms with van der Waals surface area (Å²) in [7, 11) is 0. The number of nitrogens with zero attached hydrogens (tertiary/aromatic N) is 1. The minimum atomic E-state index is 0.198. The van der Waals surface area contributed by atoms with Gasteiger partial charge in [0, 0.05) is 30.7 Å². The molecule has 2 aliphatic heterocycles. The summed E-state index contributed by atoms with van der Waals surface area (Å²) in [5, 5.41) is 3.41. The number of nitrogens with one attached hydrogen (secondary N) is 1. The van der Waals surface area contributed by atoms with Crippen LogP contribution < -0.4 is 5.32 Å². The number of fused-ring (bicyclic) bond motifs is 1. The maximum atomic E-state index is 12.8. The minimum absolute atomic E-state index is 0.198. The zero-order valence-corrected chi connectivity index (χ0v) is 12.6. The van der Waals surface area contributed by atoms with Crippen molar-refractivity contribution in [1.29, 1.82) is 0 Å². The number of carbonyl (C=O) groups excluding carboxylic acids is 1. The van der Waals surface area contributed by atoms with Crippen molar-refractivity contribution < 1.29 is 4.79 Å². The molecule has 2 aliphatic rings. The number of likely N-dealkylation sites (tertiary alicyclic amines) is 1. The van der Waals surface area contributed by atoms with Crippen LogP contribution in [0.4, 0.5) is 0 Å². The highest BCUT2D eigenvalue weighted by Crippen LogP contribution is 2.33. The van der Waals surface area contributed by atoms with E-state index in [-0.39, 0.29) is 5.91 Å². The van der Waals surface area contributed by atoms with Crippen LogP contribution in [0.2, 0.25) is 0 Å². The molecule has 1 aromatic rings. The van der Waals surface area contributed by atoms with Crippen LogP contribution in [0.3, 0.4) is 0 Å². The van der Waals surface area contributed by atoms with Crippen LogP contribution >= 0.6 is 0 Å². The van der Waals surface area contributed by atoms with E-state index < -0.39 is 0 Å². The van der Waals surface area contributed by atoms with Gasteiger partial charge in [-0.2, -0.15) is 0 Å². The Kier molecular flexibility index (Phi) is 3.55. The first-order chi connectivity index (χ1) is 9.58. The second kappa shape index (κ2) is 5.21. The van der Waals surface area contributed by atoms with E-state index in [0.717, 1.165) is 25.1 Å². The van der Waals surface area contributed by atoms with Gasteiger partial charge in [0.05, 0.1) is 0 Å². The summed E-state index contributed by atoms with van der Waals surface area (Å²) < 4.78 is 0. The van der Waals surface area contributed by atoms with Gasteiger partial charge in [0.15, 0.2) is 0 Å². The molecule has 0 radical (unpaired) electrons. The van der Waals surface area contributed by atoms with E-state index in [1.54, 1.807) is 0 Å². The fraction of sp³-hybridized carbons (Fsp3) is 0.588. The molecule has 1 amide bonds. The quantitative estimate of drug-likeness (QED) is 0.897. The number of hydrogen-bond acceptors (Lipinski definition) is 2. The molecule has 1 aromatic carbocycles. The Morgan fingerprint density at radius 2 is 1.95 bits per heavy atom. The molecule has 0 aliphatic carbocycles. The molecule has 0 aromatic heterocycles. The first-order valence-electron chi connectivity index (χ1n) is 7.71. The van der Waals surface area contributed by atoms with Gasteiger partial charge < -0.3 is 10.2 Å². The van der Waals surface area contributed by atoms with Crippen LogP contribution in [0.15, 0.2) is 24.3 Å². The molecule has 3 atom stereocenters. The molecule has 20 heavy (non-hydrogen) atoms. The van der Waals surface area contributed by atoms with Crippen molar-refractivity contribution in [2.75, 3.05) is 13.1 Å². The standard InChI is InChI=1S/C17H24N2O/c1-11(2)13-4-6-14(7-5-13)17(20)19-12(3)8-15-9-18-10-16(15)19/h4-7,11-12,15-16,18H,8-10H2,1-3H3. The number of amides is 1. The Bertz CT molecular complexity index is 494. The van der Waals surface area contributed by atoms with E-state index in [4.69, 9.17) is 0 Å². The minimum Gasteiger partial charge on any atom is -0.331 e. The summed E-state index contributed by atoms with van der Waals surface area (Å²) in [6.45, 7) is 8.54. The average Bonchev–Trinajstić information content (AvgIpc) is 2.98. The van der Waals surface area contributed by atoms with Crippen LogP contribution in [0.1, 0.15) is 49.0 Å². The molecule has 3 rings (SSSR count). The summed E-state index contributed by atoms with van der Waals surface area (Å²) in [4.78, 5) is 14.9. The van der Waals surface area contributed by atoms with Gasteiger partial charge in [-0.1, -0.05) is 26.0 Å². The van der Waals surface area contributed by atoms with Crippen molar-refractivity contribution in [2.45, 2.75) is 45.2 Å². The zero-order chi connectivity index (χ0) is 14.3. The van der Waals surface area contributed by atoms with Crippen LogP contribution in [0.5, 0.6) is 0 Å². The van der Waals surface area contributed by atoms with E-state index in [2.05, 4.69) is 43.1 Å². The first-order valence-corrected chi connectivity index (χ1v) is 7.71. The molecule has 3 heteroatoms. The molecule has 0 spiro atoms. The highest BCUT2D eigenvalue weighted by molar-refractivity contribution is 5.95.